The van der Waals surface area contributed by atoms with E-state index in [9.17, 15) is 14.7 Å². The molecule has 0 aromatic heterocycles. The molecule has 1 fully saturated rings. The highest BCUT2D eigenvalue weighted by atomic mass is 79.9. The number of hydrogen-bond acceptors (Lipinski definition) is 2. The normalized spacial score (nSPS) is 25.4. The Bertz CT molecular complexity index is 518. The third kappa shape index (κ3) is 3.39. The van der Waals surface area contributed by atoms with Gasteiger partial charge in [-0.3, -0.25) is 9.59 Å². The van der Waals surface area contributed by atoms with Crippen molar-refractivity contribution >= 4 is 27.8 Å². The van der Waals surface area contributed by atoms with Crippen LogP contribution >= 0.6 is 15.9 Å². The van der Waals surface area contributed by atoms with Crippen molar-refractivity contribution in [1.82, 2.24) is 5.32 Å². The van der Waals surface area contributed by atoms with E-state index in [1.807, 2.05) is 31.2 Å². The van der Waals surface area contributed by atoms with E-state index in [1.54, 1.807) is 0 Å². The molecule has 0 saturated heterocycles. The SMILES string of the molecule is CC1C[C@H](C(=O)NCc2ccccc2Br)[C@H](C(=O)O)C1. The van der Waals surface area contributed by atoms with Gasteiger partial charge in [-0.25, -0.2) is 0 Å². The summed E-state index contributed by atoms with van der Waals surface area (Å²) >= 11 is 3.43. The Hall–Kier alpha value is -1.36. The fraction of sp³-hybridized carbons (Fsp3) is 0.467. The molecule has 2 rings (SSSR count). The number of carbonyl (C=O) groups excluding carboxylic acids is 1. The predicted molar refractivity (Wildman–Crippen MR) is 79.0 cm³/mol. The first-order chi connectivity index (χ1) is 9.49. The maximum atomic E-state index is 12.2. The van der Waals surface area contributed by atoms with E-state index in [1.165, 1.54) is 0 Å². The molecule has 0 aliphatic heterocycles. The van der Waals surface area contributed by atoms with Crippen molar-refractivity contribution in [1.29, 1.82) is 0 Å². The van der Waals surface area contributed by atoms with Crippen molar-refractivity contribution in [3.8, 4) is 0 Å². The van der Waals surface area contributed by atoms with Gasteiger partial charge in [0.05, 0.1) is 11.8 Å². The third-order valence-corrected chi connectivity index (χ3v) is 4.64. The summed E-state index contributed by atoms with van der Waals surface area (Å²) in [5.41, 5.74) is 0.985. The lowest BCUT2D eigenvalue weighted by atomic mass is 9.95. The predicted octanol–water partition coefficient (Wildman–Crippen LogP) is 2.81. The topological polar surface area (TPSA) is 66.4 Å². The molecule has 2 N–H and O–H groups in total. The number of rotatable bonds is 4. The smallest absolute Gasteiger partial charge is 0.307 e. The molecule has 1 saturated carbocycles. The second-order valence-corrected chi connectivity index (χ2v) is 6.29. The standard InChI is InChI=1S/C15H18BrNO3/c1-9-6-11(12(7-9)15(19)20)14(18)17-8-10-4-2-3-5-13(10)16/h2-5,9,11-12H,6-8H2,1H3,(H,17,18)(H,19,20)/t9?,11-,12+/m0/s1. The van der Waals surface area contributed by atoms with Crippen LogP contribution in [0.4, 0.5) is 0 Å². The van der Waals surface area contributed by atoms with E-state index in [-0.39, 0.29) is 11.8 Å². The van der Waals surface area contributed by atoms with Crippen molar-refractivity contribution in [3.63, 3.8) is 0 Å². The minimum Gasteiger partial charge on any atom is -0.481 e. The summed E-state index contributed by atoms with van der Waals surface area (Å²) in [7, 11) is 0. The van der Waals surface area contributed by atoms with Gasteiger partial charge in [-0.15, -0.1) is 0 Å². The van der Waals surface area contributed by atoms with E-state index in [0.717, 1.165) is 10.0 Å². The molecule has 108 valence electrons. The van der Waals surface area contributed by atoms with Crippen LogP contribution in [-0.4, -0.2) is 17.0 Å². The van der Waals surface area contributed by atoms with Crippen LogP contribution in [0, 0.1) is 17.8 Å². The van der Waals surface area contributed by atoms with Crippen LogP contribution in [0.15, 0.2) is 28.7 Å². The molecule has 0 radical (unpaired) electrons. The van der Waals surface area contributed by atoms with Crippen LogP contribution in [0.25, 0.3) is 0 Å². The summed E-state index contributed by atoms with van der Waals surface area (Å²) in [6.07, 6.45) is 1.24. The van der Waals surface area contributed by atoms with Gasteiger partial charge in [-0.05, 0) is 30.4 Å². The zero-order valence-corrected chi connectivity index (χ0v) is 12.9. The van der Waals surface area contributed by atoms with Crippen molar-refractivity contribution in [2.75, 3.05) is 0 Å². The molecular weight excluding hydrogens is 322 g/mol. The molecule has 20 heavy (non-hydrogen) atoms. The number of carboxylic acids is 1. The van der Waals surface area contributed by atoms with Gasteiger partial charge in [-0.1, -0.05) is 41.1 Å². The van der Waals surface area contributed by atoms with Crippen LogP contribution in [0.3, 0.4) is 0 Å². The minimum atomic E-state index is -0.865. The molecule has 3 atom stereocenters. The van der Waals surface area contributed by atoms with E-state index < -0.39 is 17.8 Å². The van der Waals surface area contributed by atoms with Crippen LogP contribution < -0.4 is 5.32 Å². The maximum Gasteiger partial charge on any atom is 0.307 e. The maximum absolute atomic E-state index is 12.2. The average molecular weight is 340 g/mol. The first-order valence-corrected chi connectivity index (χ1v) is 7.52. The first kappa shape index (κ1) is 15.0. The average Bonchev–Trinajstić information content (AvgIpc) is 2.80. The van der Waals surface area contributed by atoms with Gasteiger partial charge >= 0.3 is 5.97 Å². The van der Waals surface area contributed by atoms with Gasteiger partial charge in [0.25, 0.3) is 0 Å². The Morgan fingerprint density at radius 3 is 2.60 bits per heavy atom. The molecule has 0 bridgehead atoms. The number of benzene rings is 1. The number of nitrogens with one attached hydrogen (secondary N) is 1. The van der Waals surface area contributed by atoms with Gasteiger partial charge in [0, 0.05) is 11.0 Å². The monoisotopic (exact) mass is 339 g/mol. The molecule has 1 aliphatic rings. The number of halogens is 1. The molecule has 1 aliphatic carbocycles. The zero-order valence-electron chi connectivity index (χ0n) is 11.3. The van der Waals surface area contributed by atoms with Gasteiger partial charge in [0.1, 0.15) is 0 Å². The highest BCUT2D eigenvalue weighted by Gasteiger charge is 2.40. The van der Waals surface area contributed by atoms with Crippen molar-refractivity contribution in [2.45, 2.75) is 26.3 Å². The molecule has 4 nitrogen and oxygen atoms in total. The molecule has 0 spiro atoms. The van der Waals surface area contributed by atoms with Gasteiger partial charge in [0.15, 0.2) is 0 Å². The highest BCUT2D eigenvalue weighted by Crippen LogP contribution is 2.36. The molecule has 1 unspecified atom stereocenters. The quantitative estimate of drug-likeness (QED) is 0.886. The van der Waals surface area contributed by atoms with Gasteiger partial charge in [0.2, 0.25) is 5.91 Å². The number of aliphatic carboxylic acids is 1. The van der Waals surface area contributed by atoms with Gasteiger partial charge < -0.3 is 10.4 Å². The van der Waals surface area contributed by atoms with Crippen LogP contribution in [0.2, 0.25) is 0 Å². The fourth-order valence-electron chi connectivity index (χ4n) is 2.81. The van der Waals surface area contributed by atoms with E-state index in [2.05, 4.69) is 21.2 Å². The van der Waals surface area contributed by atoms with Crippen LogP contribution in [0.1, 0.15) is 25.3 Å². The second-order valence-electron chi connectivity index (χ2n) is 5.44. The van der Waals surface area contributed by atoms with E-state index in [0.29, 0.717) is 19.4 Å². The summed E-state index contributed by atoms with van der Waals surface area (Å²) in [4.78, 5) is 23.4. The Morgan fingerprint density at radius 1 is 1.30 bits per heavy atom. The summed E-state index contributed by atoms with van der Waals surface area (Å²) in [6.45, 7) is 2.41. The Labute approximate surface area is 126 Å². The second kappa shape index (κ2) is 6.39. The number of amides is 1. The molecule has 1 aromatic rings. The Morgan fingerprint density at radius 2 is 1.95 bits per heavy atom. The van der Waals surface area contributed by atoms with Crippen LogP contribution in [0.5, 0.6) is 0 Å². The van der Waals surface area contributed by atoms with E-state index in [4.69, 9.17) is 0 Å². The summed E-state index contributed by atoms with van der Waals surface area (Å²) < 4.78 is 0.940. The van der Waals surface area contributed by atoms with Crippen molar-refractivity contribution < 1.29 is 14.7 Å². The lowest BCUT2D eigenvalue weighted by molar-refractivity contribution is -0.146. The molecule has 0 heterocycles. The summed E-state index contributed by atoms with van der Waals surface area (Å²) in [5, 5.41) is 12.0. The fourth-order valence-corrected chi connectivity index (χ4v) is 3.23. The Balaban J connectivity index is 1.98. The Kier molecular flexibility index (Phi) is 4.81. The minimum absolute atomic E-state index is 0.155. The number of carboxylic acid groups (broad SMARTS) is 1. The van der Waals surface area contributed by atoms with Crippen molar-refractivity contribution in [3.05, 3.63) is 34.3 Å². The summed E-state index contributed by atoms with van der Waals surface area (Å²) in [5.74, 6) is -1.70. The van der Waals surface area contributed by atoms with Crippen LogP contribution in [-0.2, 0) is 16.1 Å². The molecule has 1 amide bonds. The lowest BCUT2D eigenvalue weighted by Crippen LogP contribution is -2.35. The number of carbonyl (C=O) groups is 2. The number of hydrogen-bond donors (Lipinski definition) is 2. The molecular formula is C15H18BrNO3. The van der Waals surface area contributed by atoms with Crippen molar-refractivity contribution in [2.24, 2.45) is 17.8 Å². The lowest BCUT2D eigenvalue weighted by Gasteiger charge is -2.16. The largest absolute Gasteiger partial charge is 0.481 e. The van der Waals surface area contributed by atoms with Gasteiger partial charge in [-0.2, -0.15) is 0 Å². The third-order valence-electron chi connectivity index (χ3n) is 3.86. The van der Waals surface area contributed by atoms with E-state index >= 15 is 0 Å². The molecule has 1 aromatic carbocycles. The summed E-state index contributed by atoms with van der Waals surface area (Å²) in [6, 6.07) is 7.66. The zero-order chi connectivity index (χ0) is 14.7. The molecule has 5 heteroatoms. The highest BCUT2D eigenvalue weighted by molar-refractivity contribution is 9.10. The first-order valence-electron chi connectivity index (χ1n) is 6.73.